The zero-order chi connectivity index (χ0) is 24.0. The molecule has 2 unspecified atom stereocenters. The Bertz CT molecular complexity index is 1130. The summed E-state index contributed by atoms with van der Waals surface area (Å²) < 4.78 is 5.36. The summed E-state index contributed by atoms with van der Waals surface area (Å²) >= 11 is 3.73. The van der Waals surface area contributed by atoms with Crippen LogP contribution in [0.4, 0.5) is 5.69 Å². The van der Waals surface area contributed by atoms with Gasteiger partial charge in [-0.15, -0.1) is 0 Å². The van der Waals surface area contributed by atoms with E-state index in [0.717, 1.165) is 5.56 Å². The summed E-state index contributed by atoms with van der Waals surface area (Å²) in [7, 11) is 0. The van der Waals surface area contributed by atoms with Crippen molar-refractivity contribution in [3.8, 4) is 6.07 Å². The summed E-state index contributed by atoms with van der Waals surface area (Å²) in [5.41, 5.74) is 3.78. The number of esters is 1. The number of allylic oxidation sites excluding steroid dienone is 3. The van der Waals surface area contributed by atoms with E-state index >= 15 is 0 Å². The van der Waals surface area contributed by atoms with Crippen LogP contribution < -0.4 is 5.32 Å². The minimum absolute atomic E-state index is 0.0567. The molecule has 1 aliphatic heterocycles. The molecule has 0 saturated carbocycles. The number of nitro benzene ring substituents is 1. The van der Waals surface area contributed by atoms with Gasteiger partial charge in [0.15, 0.2) is 0 Å². The lowest BCUT2D eigenvalue weighted by molar-refractivity contribution is -0.384. The molecule has 0 saturated heterocycles. The van der Waals surface area contributed by atoms with Crippen LogP contribution >= 0.6 is 15.9 Å². The van der Waals surface area contributed by atoms with E-state index in [1.54, 1.807) is 26.0 Å². The quantitative estimate of drug-likeness (QED) is 0.208. The van der Waals surface area contributed by atoms with Crippen molar-refractivity contribution in [1.29, 1.82) is 5.26 Å². The van der Waals surface area contributed by atoms with Gasteiger partial charge in [0, 0.05) is 28.4 Å². The zero-order valence-corrected chi connectivity index (χ0v) is 20.0. The fourth-order valence-electron chi connectivity index (χ4n) is 3.91. The lowest BCUT2D eigenvalue weighted by Gasteiger charge is -2.30. The van der Waals surface area contributed by atoms with Gasteiger partial charge in [-0.05, 0) is 37.8 Å². The highest BCUT2D eigenvalue weighted by Crippen LogP contribution is 2.41. The number of dihydropyridines is 1. The molecule has 0 fully saturated rings. The van der Waals surface area contributed by atoms with Crippen molar-refractivity contribution in [2.75, 3.05) is 6.61 Å². The first-order valence-electron chi connectivity index (χ1n) is 10.6. The van der Waals surface area contributed by atoms with Crippen molar-refractivity contribution >= 4 is 27.6 Å². The summed E-state index contributed by atoms with van der Waals surface area (Å²) in [5, 5.41) is 24.2. The lowest BCUT2D eigenvalue weighted by Crippen LogP contribution is -2.30. The SMILES string of the molecule is CCOC(=O)C1=C(CCC(Br)c2ccccc2)NC(C)=C(C#N)C1c1ccc([N+](=O)[O-])cc1. The number of rotatable bonds is 8. The number of alkyl halides is 1. The number of halogens is 1. The average molecular weight is 510 g/mol. The maximum absolute atomic E-state index is 13.1. The van der Waals surface area contributed by atoms with Crippen LogP contribution in [0.3, 0.4) is 0 Å². The van der Waals surface area contributed by atoms with Gasteiger partial charge in [0.05, 0.1) is 34.7 Å². The Kier molecular flexibility index (Phi) is 8.01. The van der Waals surface area contributed by atoms with Crippen LogP contribution in [0.2, 0.25) is 0 Å². The van der Waals surface area contributed by atoms with Crippen LogP contribution in [0.25, 0.3) is 0 Å². The van der Waals surface area contributed by atoms with Crippen LogP contribution in [0, 0.1) is 21.4 Å². The number of benzene rings is 2. The predicted octanol–water partition coefficient (Wildman–Crippen LogP) is 5.81. The number of nitrogens with one attached hydrogen (secondary N) is 1. The molecule has 0 radical (unpaired) electrons. The molecular formula is C25H24BrN3O4. The Labute approximate surface area is 201 Å². The molecule has 33 heavy (non-hydrogen) atoms. The van der Waals surface area contributed by atoms with Crippen molar-refractivity contribution in [1.82, 2.24) is 5.32 Å². The molecule has 8 heteroatoms. The van der Waals surface area contributed by atoms with Crippen molar-refractivity contribution in [3.63, 3.8) is 0 Å². The molecule has 0 aliphatic carbocycles. The first-order valence-corrected chi connectivity index (χ1v) is 11.5. The van der Waals surface area contributed by atoms with Crippen molar-refractivity contribution in [2.45, 2.75) is 37.4 Å². The minimum Gasteiger partial charge on any atom is -0.463 e. The Morgan fingerprint density at radius 2 is 1.91 bits per heavy atom. The number of nitrogens with zero attached hydrogens (tertiary/aromatic N) is 2. The number of hydrogen-bond acceptors (Lipinski definition) is 6. The van der Waals surface area contributed by atoms with E-state index in [1.807, 2.05) is 30.3 Å². The highest BCUT2D eigenvalue weighted by Gasteiger charge is 2.35. The molecule has 0 amide bonds. The van der Waals surface area contributed by atoms with Crippen molar-refractivity contribution in [3.05, 3.63) is 98.4 Å². The Hall–Kier alpha value is -3.44. The van der Waals surface area contributed by atoms with Crippen LogP contribution in [-0.4, -0.2) is 17.5 Å². The van der Waals surface area contributed by atoms with Crippen LogP contribution in [0.5, 0.6) is 0 Å². The van der Waals surface area contributed by atoms with Gasteiger partial charge in [0.25, 0.3) is 5.69 Å². The fraction of sp³-hybridized carbons (Fsp3) is 0.280. The van der Waals surface area contributed by atoms with Crippen LogP contribution in [0.1, 0.15) is 48.6 Å². The summed E-state index contributed by atoms with van der Waals surface area (Å²) in [6.07, 6.45) is 1.25. The van der Waals surface area contributed by atoms with Crippen molar-refractivity contribution < 1.29 is 14.5 Å². The molecule has 1 aliphatic rings. The molecule has 0 aromatic heterocycles. The average Bonchev–Trinajstić information content (AvgIpc) is 2.82. The summed E-state index contributed by atoms with van der Waals surface area (Å²) in [4.78, 5) is 23.8. The maximum Gasteiger partial charge on any atom is 0.336 e. The van der Waals surface area contributed by atoms with Gasteiger partial charge < -0.3 is 10.1 Å². The molecule has 1 heterocycles. The minimum atomic E-state index is -0.670. The molecular weight excluding hydrogens is 486 g/mol. The summed E-state index contributed by atoms with van der Waals surface area (Å²) in [6, 6.07) is 18.1. The largest absolute Gasteiger partial charge is 0.463 e. The number of nitriles is 1. The zero-order valence-electron chi connectivity index (χ0n) is 18.4. The fourth-order valence-corrected chi connectivity index (χ4v) is 4.45. The number of carbonyl (C=O) groups is 1. The molecule has 0 spiro atoms. The summed E-state index contributed by atoms with van der Waals surface area (Å²) in [6.45, 7) is 3.71. The van der Waals surface area contributed by atoms with E-state index in [0.29, 0.717) is 40.9 Å². The number of non-ortho nitro benzene ring substituents is 1. The van der Waals surface area contributed by atoms with Gasteiger partial charge in [-0.2, -0.15) is 5.26 Å². The highest BCUT2D eigenvalue weighted by molar-refractivity contribution is 9.09. The van der Waals surface area contributed by atoms with Crippen LogP contribution in [0.15, 0.2) is 77.1 Å². The molecule has 2 aromatic carbocycles. The predicted molar refractivity (Wildman–Crippen MR) is 128 cm³/mol. The maximum atomic E-state index is 13.1. The van der Waals surface area contributed by atoms with E-state index in [1.165, 1.54) is 12.1 Å². The van der Waals surface area contributed by atoms with E-state index < -0.39 is 16.8 Å². The normalized spacial score (nSPS) is 16.6. The Balaban J connectivity index is 2.03. The summed E-state index contributed by atoms with van der Waals surface area (Å²) in [5.74, 6) is -1.17. The van der Waals surface area contributed by atoms with Gasteiger partial charge in [-0.25, -0.2) is 4.79 Å². The van der Waals surface area contributed by atoms with Gasteiger partial charge >= 0.3 is 5.97 Å². The first kappa shape index (κ1) is 24.2. The third-order valence-corrected chi connectivity index (χ3v) is 6.49. The smallest absolute Gasteiger partial charge is 0.336 e. The molecule has 3 rings (SSSR count). The van der Waals surface area contributed by atoms with Gasteiger partial charge in [-0.1, -0.05) is 58.4 Å². The van der Waals surface area contributed by atoms with Gasteiger partial charge in [0.1, 0.15) is 0 Å². The molecule has 170 valence electrons. The second-order valence-corrected chi connectivity index (χ2v) is 8.69. The van der Waals surface area contributed by atoms with Gasteiger partial charge in [-0.3, -0.25) is 10.1 Å². The third-order valence-electron chi connectivity index (χ3n) is 5.51. The molecule has 1 N–H and O–H groups in total. The monoisotopic (exact) mass is 509 g/mol. The number of hydrogen-bond donors (Lipinski definition) is 1. The first-order chi connectivity index (χ1) is 15.9. The lowest BCUT2D eigenvalue weighted by atomic mass is 9.80. The van der Waals surface area contributed by atoms with Crippen molar-refractivity contribution in [2.24, 2.45) is 0 Å². The highest BCUT2D eigenvalue weighted by atomic mass is 79.9. The van der Waals surface area contributed by atoms with E-state index in [2.05, 4.69) is 27.3 Å². The van der Waals surface area contributed by atoms with Gasteiger partial charge in [0.2, 0.25) is 0 Å². The Morgan fingerprint density at radius 3 is 2.48 bits per heavy atom. The second-order valence-electron chi connectivity index (χ2n) is 7.59. The molecule has 7 nitrogen and oxygen atoms in total. The number of ether oxygens (including phenoxy) is 1. The second kappa shape index (κ2) is 10.9. The van der Waals surface area contributed by atoms with Crippen LogP contribution in [-0.2, 0) is 9.53 Å². The molecule has 2 atom stereocenters. The van der Waals surface area contributed by atoms with E-state index in [9.17, 15) is 20.2 Å². The standard InChI is InChI=1S/C25H24BrN3O4/c1-3-33-25(30)24-22(14-13-21(26)17-7-5-4-6-8-17)28-16(2)20(15-27)23(24)18-9-11-19(12-10-18)29(31)32/h4-12,21,23,28H,3,13-14H2,1-2H3. The molecule has 0 bridgehead atoms. The molecule has 2 aromatic rings. The number of carbonyl (C=O) groups excluding carboxylic acids is 1. The van der Waals surface area contributed by atoms with E-state index in [4.69, 9.17) is 4.74 Å². The topological polar surface area (TPSA) is 105 Å². The Morgan fingerprint density at radius 1 is 1.24 bits per heavy atom. The number of nitro groups is 1. The third kappa shape index (κ3) is 5.49. The van der Waals surface area contributed by atoms with E-state index in [-0.39, 0.29) is 17.1 Å².